The Morgan fingerprint density at radius 2 is 1.67 bits per heavy atom. The second-order valence-electron chi connectivity index (χ2n) is 11.8. The van der Waals surface area contributed by atoms with Crippen LogP contribution in [0.25, 0.3) is 10.8 Å². The molecule has 0 radical (unpaired) electrons. The SMILES string of the molecule is CC1CC1N(C(=O)C(CCC(N)=O)NC(=O)OC(C)(C)C)C(C(=O)Nc1ccc2ccccc2c1)c1ccc(O)cc1. The molecule has 0 heterocycles. The van der Waals surface area contributed by atoms with Crippen LogP contribution in [0.15, 0.2) is 66.7 Å². The number of ether oxygens (including phenoxy) is 1. The lowest BCUT2D eigenvalue weighted by Crippen LogP contribution is -2.53. The standard InChI is InChI=1S/C32H38N4O6/c1-19-17-26(19)36(30(40)25(15-16-27(33)38)35-31(41)42-32(2,3)4)28(21-10-13-24(37)14-11-21)29(39)34-23-12-9-20-7-5-6-8-22(20)18-23/h5-14,18-19,25-26,28,37H,15-17H2,1-4H3,(H2,33,38)(H,34,39)(H,35,41). The minimum absolute atomic E-state index is 0.0102. The number of phenolic OH excluding ortho intramolecular Hbond substituents is 1. The molecule has 0 aromatic heterocycles. The van der Waals surface area contributed by atoms with E-state index in [-0.39, 0.29) is 30.6 Å². The molecule has 4 amide bonds. The highest BCUT2D eigenvalue weighted by Crippen LogP contribution is 2.41. The van der Waals surface area contributed by atoms with Crippen molar-refractivity contribution < 1.29 is 29.0 Å². The first-order chi connectivity index (χ1) is 19.8. The summed E-state index contributed by atoms with van der Waals surface area (Å²) in [5.74, 6) is -1.52. The summed E-state index contributed by atoms with van der Waals surface area (Å²) in [6.07, 6.45) is -0.401. The zero-order valence-corrected chi connectivity index (χ0v) is 24.3. The van der Waals surface area contributed by atoms with Gasteiger partial charge < -0.3 is 31.1 Å². The first-order valence-electron chi connectivity index (χ1n) is 14.0. The molecule has 0 aliphatic heterocycles. The Labute approximate surface area is 245 Å². The van der Waals surface area contributed by atoms with Crippen molar-refractivity contribution in [2.45, 2.75) is 70.7 Å². The molecule has 4 rings (SSSR count). The van der Waals surface area contributed by atoms with E-state index in [1.165, 1.54) is 17.0 Å². The van der Waals surface area contributed by atoms with E-state index in [2.05, 4.69) is 10.6 Å². The summed E-state index contributed by atoms with van der Waals surface area (Å²) < 4.78 is 5.38. The topological polar surface area (TPSA) is 151 Å². The highest BCUT2D eigenvalue weighted by atomic mass is 16.6. The van der Waals surface area contributed by atoms with Gasteiger partial charge in [-0.15, -0.1) is 0 Å². The molecule has 222 valence electrons. The van der Waals surface area contributed by atoms with Crippen molar-refractivity contribution in [1.29, 1.82) is 0 Å². The summed E-state index contributed by atoms with van der Waals surface area (Å²) in [5, 5.41) is 17.5. The fourth-order valence-corrected chi connectivity index (χ4v) is 4.92. The van der Waals surface area contributed by atoms with Gasteiger partial charge in [0.15, 0.2) is 0 Å². The minimum Gasteiger partial charge on any atom is -0.508 e. The number of carbonyl (C=O) groups is 4. The summed E-state index contributed by atoms with van der Waals surface area (Å²) in [6.45, 7) is 7.06. The minimum atomic E-state index is -1.17. The second kappa shape index (κ2) is 12.5. The Balaban J connectivity index is 1.71. The highest BCUT2D eigenvalue weighted by Gasteiger charge is 2.48. The molecule has 0 spiro atoms. The largest absolute Gasteiger partial charge is 0.508 e. The fraction of sp³-hybridized carbons (Fsp3) is 0.375. The van der Waals surface area contributed by atoms with Crippen LogP contribution in [-0.4, -0.2) is 51.5 Å². The van der Waals surface area contributed by atoms with E-state index < -0.39 is 41.5 Å². The van der Waals surface area contributed by atoms with Gasteiger partial charge in [-0.25, -0.2) is 4.79 Å². The molecule has 3 aromatic rings. The van der Waals surface area contributed by atoms with Crippen LogP contribution in [0, 0.1) is 5.92 Å². The number of anilines is 1. The van der Waals surface area contributed by atoms with Crippen LogP contribution in [0.4, 0.5) is 10.5 Å². The molecular weight excluding hydrogens is 536 g/mol. The monoisotopic (exact) mass is 574 g/mol. The van der Waals surface area contributed by atoms with Crippen molar-refractivity contribution in [2.24, 2.45) is 11.7 Å². The Morgan fingerprint density at radius 3 is 2.26 bits per heavy atom. The number of nitrogens with one attached hydrogen (secondary N) is 2. The van der Waals surface area contributed by atoms with E-state index in [1.807, 2.05) is 43.3 Å². The third kappa shape index (κ3) is 7.78. The lowest BCUT2D eigenvalue weighted by molar-refractivity contribution is -0.142. The van der Waals surface area contributed by atoms with Gasteiger partial charge >= 0.3 is 6.09 Å². The molecule has 3 aromatic carbocycles. The van der Waals surface area contributed by atoms with E-state index in [0.29, 0.717) is 17.7 Å². The van der Waals surface area contributed by atoms with Gasteiger partial charge in [-0.2, -0.15) is 0 Å². The van der Waals surface area contributed by atoms with Crippen molar-refractivity contribution >= 4 is 40.3 Å². The summed E-state index contributed by atoms with van der Waals surface area (Å²) in [6, 6.07) is 16.8. The summed E-state index contributed by atoms with van der Waals surface area (Å²) >= 11 is 0. The van der Waals surface area contributed by atoms with Gasteiger partial charge in [-0.3, -0.25) is 14.4 Å². The van der Waals surface area contributed by atoms with Crippen molar-refractivity contribution in [3.8, 4) is 5.75 Å². The van der Waals surface area contributed by atoms with E-state index in [1.54, 1.807) is 39.0 Å². The fourth-order valence-electron chi connectivity index (χ4n) is 4.92. The molecule has 1 aliphatic rings. The van der Waals surface area contributed by atoms with Crippen LogP contribution in [-0.2, 0) is 19.1 Å². The molecule has 5 N–H and O–H groups in total. The van der Waals surface area contributed by atoms with Gasteiger partial charge in [-0.05, 0) is 80.1 Å². The molecular formula is C32H38N4O6. The third-order valence-electron chi connectivity index (χ3n) is 7.10. The van der Waals surface area contributed by atoms with Gasteiger partial charge in [0.05, 0.1) is 0 Å². The number of primary amides is 1. The molecule has 1 fully saturated rings. The zero-order chi connectivity index (χ0) is 30.6. The maximum atomic E-state index is 14.3. The molecule has 0 bridgehead atoms. The number of hydrogen-bond acceptors (Lipinski definition) is 6. The van der Waals surface area contributed by atoms with E-state index in [0.717, 1.165) is 10.8 Å². The predicted octanol–water partition coefficient (Wildman–Crippen LogP) is 4.62. The molecule has 10 heteroatoms. The van der Waals surface area contributed by atoms with Crippen LogP contribution in [0.2, 0.25) is 0 Å². The van der Waals surface area contributed by atoms with E-state index >= 15 is 0 Å². The first kappa shape index (κ1) is 30.4. The average molecular weight is 575 g/mol. The first-order valence-corrected chi connectivity index (χ1v) is 14.0. The number of rotatable bonds is 10. The lowest BCUT2D eigenvalue weighted by Gasteiger charge is -2.35. The molecule has 10 nitrogen and oxygen atoms in total. The number of phenols is 1. The Morgan fingerprint density at radius 1 is 1.02 bits per heavy atom. The second-order valence-corrected chi connectivity index (χ2v) is 11.8. The van der Waals surface area contributed by atoms with Crippen molar-refractivity contribution in [3.05, 3.63) is 72.3 Å². The summed E-state index contributed by atoms with van der Waals surface area (Å²) in [4.78, 5) is 54.2. The van der Waals surface area contributed by atoms with Gasteiger partial charge in [0.25, 0.3) is 5.91 Å². The molecule has 42 heavy (non-hydrogen) atoms. The van der Waals surface area contributed by atoms with Crippen LogP contribution >= 0.6 is 0 Å². The maximum absolute atomic E-state index is 14.3. The smallest absolute Gasteiger partial charge is 0.408 e. The van der Waals surface area contributed by atoms with E-state index in [9.17, 15) is 24.3 Å². The number of alkyl carbamates (subject to hydrolysis) is 1. The quantitative estimate of drug-likeness (QED) is 0.277. The maximum Gasteiger partial charge on any atom is 0.408 e. The van der Waals surface area contributed by atoms with E-state index in [4.69, 9.17) is 10.5 Å². The zero-order valence-electron chi connectivity index (χ0n) is 24.3. The molecule has 1 saturated carbocycles. The lowest BCUT2D eigenvalue weighted by atomic mass is 10.0. The van der Waals surface area contributed by atoms with Crippen LogP contribution in [0.5, 0.6) is 5.75 Å². The van der Waals surface area contributed by atoms with Gasteiger partial charge in [0, 0.05) is 18.2 Å². The number of carbonyl (C=O) groups excluding carboxylic acids is 4. The molecule has 4 atom stereocenters. The van der Waals surface area contributed by atoms with Crippen molar-refractivity contribution in [3.63, 3.8) is 0 Å². The third-order valence-corrected chi connectivity index (χ3v) is 7.10. The van der Waals surface area contributed by atoms with Gasteiger partial charge in [0.1, 0.15) is 23.4 Å². The Bertz CT molecular complexity index is 1470. The number of nitrogens with zero attached hydrogens (tertiary/aromatic N) is 1. The number of aromatic hydroxyl groups is 1. The Hall–Kier alpha value is -4.60. The number of benzene rings is 3. The van der Waals surface area contributed by atoms with Crippen LogP contribution in [0.1, 0.15) is 58.6 Å². The highest BCUT2D eigenvalue weighted by molar-refractivity contribution is 6.00. The number of nitrogens with two attached hydrogens (primary N) is 1. The van der Waals surface area contributed by atoms with Crippen LogP contribution in [0.3, 0.4) is 0 Å². The molecule has 4 unspecified atom stereocenters. The average Bonchev–Trinajstić information content (AvgIpc) is 3.64. The predicted molar refractivity (Wildman–Crippen MR) is 159 cm³/mol. The number of fused-ring (bicyclic) bond motifs is 1. The number of hydrogen-bond donors (Lipinski definition) is 4. The number of amides is 4. The van der Waals surface area contributed by atoms with Crippen LogP contribution < -0.4 is 16.4 Å². The molecule has 0 saturated heterocycles. The normalized spacial score (nSPS) is 17.5. The Kier molecular flexibility index (Phi) is 9.04. The van der Waals surface area contributed by atoms with Gasteiger partial charge in [0.2, 0.25) is 11.8 Å². The molecule has 1 aliphatic carbocycles. The van der Waals surface area contributed by atoms with Gasteiger partial charge in [-0.1, -0.05) is 49.4 Å². The van der Waals surface area contributed by atoms with Crippen molar-refractivity contribution in [2.75, 3.05) is 5.32 Å². The van der Waals surface area contributed by atoms with Crippen molar-refractivity contribution in [1.82, 2.24) is 10.2 Å². The summed E-state index contributed by atoms with van der Waals surface area (Å²) in [7, 11) is 0. The summed E-state index contributed by atoms with van der Waals surface area (Å²) in [5.41, 5.74) is 5.60.